The van der Waals surface area contributed by atoms with Gasteiger partial charge in [0.05, 0.1) is 5.83 Å². The van der Waals surface area contributed by atoms with Crippen molar-refractivity contribution in [1.29, 1.82) is 0 Å². The lowest BCUT2D eigenvalue weighted by Gasteiger charge is -2.32. The molecule has 10 unspecified atom stereocenters. The molecule has 4 heteroatoms. The summed E-state index contributed by atoms with van der Waals surface area (Å²) in [5.41, 5.74) is 9.84. The van der Waals surface area contributed by atoms with Crippen molar-refractivity contribution < 1.29 is 8.78 Å². The van der Waals surface area contributed by atoms with Crippen LogP contribution in [0.1, 0.15) is 111 Å². The SMILES string of the molecule is FC1=CCC(C2SC(c3ccc(F)cc3)C3c4ccc5c6c4=C(CCC=6C4C(C6=CCCCC6)SC(C6CC=CCC6)C54)C23)CC1. The van der Waals surface area contributed by atoms with Crippen molar-refractivity contribution in [3.8, 4) is 0 Å². The van der Waals surface area contributed by atoms with Gasteiger partial charge in [0.1, 0.15) is 5.82 Å². The monoisotopic (exact) mass is 650 g/mol. The number of benzene rings is 2. The van der Waals surface area contributed by atoms with Gasteiger partial charge in [0.2, 0.25) is 0 Å². The number of thioether (sulfide) groups is 2. The molecule has 10 atom stereocenters. The van der Waals surface area contributed by atoms with Gasteiger partial charge >= 0.3 is 0 Å². The Morgan fingerprint density at radius 3 is 2.04 bits per heavy atom. The zero-order chi connectivity index (χ0) is 30.5. The fraction of sp³-hybridized carbons (Fsp3) is 0.524. The van der Waals surface area contributed by atoms with Crippen LogP contribution in [0.25, 0.3) is 11.1 Å². The Balaban J connectivity index is 1.14. The highest BCUT2D eigenvalue weighted by molar-refractivity contribution is 8.01. The third kappa shape index (κ3) is 4.30. The van der Waals surface area contributed by atoms with Gasteiger partial charge in [-0.2, -0.15) is 0 Å². The Labute approximate surface area is 281 Å². The summed E-state index contributed by atoms with van der Waals surface area (Å²) in [4.78, 5) is 0. The average Bonchev–Trinajstić information content (AvgIpc) is 3.84. The van der Waals surface area contributed by atoms with Crippen LogP contribution in [0, 0.1) is 29.5 Å². The highest BCUT2D eigenvalue weighted by atomic mass is 32.2. The summed E-state index contributed by atoms with van der Waals surface area (Å²) in [6.45, 7) is 0. The fourth-order valence-corrected chi connectivity index (χ4v) is 15.8. The second kappa shape index (κ2) is 11.3. The maximum atomic E-state index is 14.3. The van der Waals surface area contributed by atoms with Crippen LogP contribution in [0.4, 0.5) is 8.78 Å². The molecule has 10 rings (SSSR count). The predicted molar refractivity (Wildman–Crippen MR) is 189 cm³/mol. The number of allylic oxidation sites excluding steroid dienone is 5. The fourth-order valence-electron chi connectivity index (χ4n) is 11.5. The van der Waals surface area contributed by atoms with E-state index in [1.807, 2.05) is 23.8 Å². The molecule has 2 aromatic carbocycles. The van der Waals surface area contributed by atoms with E-state index in [0.29, 0.717) is 57.0 Å². The van der Waals surface area contributed by atoms with E-state index < -0.39 is 0 Å². The van der Waals surface area contributed by atoms with E-state index in [9.17, 15) is 8.78 Å². The average molecular weight is 651 g/mol. The summed E-state index contributed by atoms with van der Waals surface area (Å²) in [5, 5.41) is 5.52. The first kappa shape index (κ1) is 28.9. The van der Waals surface area contributed by atoms with Crippen LogP contribution in [0.3, 0.4) is 0 Å². The van der Waals surface area contributed by atoms with Crippen molar-refractivity contribution in [1.82, 2.24) is 0 Å². The van der Waals surface area contributed by atoms with E-state index in [1.54, 1.807) is 44.8 Å². The molecule has 0 spiro atoms. The standard InChI is InChI=1S/C42H44F2S2/c43-27-15-11-25(12-16-27)41-37-31-21-19-29-33-30(20-22-32(34(31)33)38(37)42(46-41)26-13-17-28(44)18-14-26)36-35(29)39(23-7-3-1-4-8-23)45-40(36)24-9-5-2-6-10-24/h1,3,9,11-12,15-17,19,21,23,26,35-42H,2,4-8,10,13-14,18,20,22H2. The largest absolute Gasteiger partial charge is 0.212 e. The molecule has 0 amide bonds. The van der Waals surface area contributed by atoms with Crippen LogP contribution in [0.5, 0.6) is 0 Å². The molecule has 46 heavy (non-hydrogen) atoms. The van der Waals surface area contributed by atoms with Gasteiger partial charge in [-0.25, -0.2) is 8.78 Å². The van der Waals surface area contributed by atoms with E-state index in [4.69, 9.17) is 0 Å². The topological polar surface area (TPSA) is 0 Å². The Bertz CT molecular complexity index is 1800. The van der Waals surface area contributed by atoms with E-state index in [-0.39, 0.29) is 11.6 Å². The van der Waals surface area contributed by atoms with Crippen molar-refractivity contribution in [2.45, 2.75) is 110 Å². The molecule has 0 radical (unpaired) electrons. The van der Waals surface area contributed by atoms with Crippen molar-refractivity contribution in [3.63, 3.8) is 0 Å². The number of halogens is 2. The van der Waals surface area contributed by atoms with E-state index in [0.717, 1.165) is 18.8 Å². The molecular weight excluding hydrogens is 607 g/mol. The molecule has 0 nitrogen and oxygen atoms in total. The maximum absolute atomic E-state index is 14.3. The Hall–Kier alpha value is -2.04. The van der Waals surface area contributed by atoms with Crippen molar-refractivity contribution in [2.24, 2.45) is 23.7 Å². The lowest BCUT2D eigenvalue weighted by Crippen LogP contribution is -2.36. The highest BCUT2D eigenvalue weighted by Crippen LogP contribution is 2.66. The summed E-state index contributed by atoms with van der Waals surface area (Å²) in [5.74, 6) is 3.46. The van der Waals surface area contributed by atoms with Gasteiger partial charge < -0.3 is 0 Å². The minimum atomic E-state index is -0.156. The van der Waals surface area contributed by atoms with Gasteiger partial charge in [0, 0.05) is 44.7 Å². The molecule has 2 heterocycles. The molecule has 0 N–H and O–H groups in total. The summed E-state index contributed by atoms with van der Waals surface area (Å²) in [7, 11) is 0. The molecular formula is C42H44F2S2. The Kier molecular flexibility index (Phi) is 7.08. The van der Waals surface area contributed by atoms with Gasteiger partial charge in [0.15, 0.2) is 0 Å². The molecule has 2 fully saturated rings. The molecule has 8 aliphatic rings. The minimum absolute atomic E-state index is 0.0815. The van der Waals surface area contributed by atoms with Crippen molar-refractivity contribution in [2.75, 3.05) is 0 Å². The summed E-state index contributed by atoms with van der Waals surface area (Å²) < 4.78 is 28.4. The van der Waals surface area contributed by atoms with Crippen LogP contribution >= 0.6 is 23.5 Å². The smallest absolute Gasteiger partial charge is 0.123 e. The zero-order valence-corrected chi connectivity index (χ0v) is 28.2. The van der Waals surface area contributed by atoms with Crippen molar-refractivity contribution in [3.05, 3.63) is 105 Å². The van der Waals surface area contributed by atoms with E-state index in [1.165, 1.54) is 63.4 Å². The first-order chi connectivity index (χ1) is 22.7. The van der Waals surface area contributed by atoms with Gasteiger partial charge in [-0.15, -0.1) is 23.5 Å². The van der Waals surface area contributed by atoms with E-state index in [2.05, 4.69) is 53.9 Å². The predicted octanol–water partition coefficient (Wildman–Crippen LogP) is 10.2. The van der Waals surface area contributed by atoms with Crippen LogP contribution in [-0.4, -0.2) is 15.7 Å². The number of hydrogen-bond acceptors (Lipinski definition) is 2. The number of rotatable bonds is 4. The second-order valence-corrected chi connectivity index (χ2v) is 18.1. The summed E-state index contributed by atoms with van der Waals surface area (Å²) >= 11 is 4.52. The third-order valence-electron chi connectivity index (χ3n) is 13.4. The van der Waals surface area contributed by atoms with Gasteiger partial charge in [-0.3, -0.25) is 0 Å². The molecule has 2 saturated heterocycles. The van der Waals surface area contributed by atoms with Gasteiger partial charge in [0.25, 0.3) is 0 Å². The molecule has 2 aromatic rings. The lowest BCUT2D eigenvalue weighted by atomic mass is 9.72. The molecule has 6 aliphatic carbocycles. The number of hydrogen-bond donors (Lipinski definition) is 0. The van der Waals surface area contributed by atoms with Crippen LogP contribution in [0.2, 0.25) is 0 Å². The van der Waals surface area contributed by atoms with E-state index >= 15 is 0 Å². The summed E-state index contributed by atoms with van der Waals surface area (Å²) in [6, 6.07) is 12.6. The van der Waals surface area contributed by atoms with Crippen LogP contribution in [0.15, 0.2) is 72.1 Å². The quantitative estimate of drug-likeness (QED) is 0.302. The molecule has 2 aliphatic heterocycles. The minimum Gasteiger partial charge on any atom is -0.212 e. The maximum Gasteiger partial charge on any atom is 0.123 e. The molecule has 0 bridgehead atoms. The highest BCUT2D eigenvalue weighted by Gasteiger charge is 2.57. The lowest BCUT2D eigenvalue weighted by molar-refractivity contribution is 0.367. The molecule has 0 saturated carbocycles. The Morgan fingerprint density at radius 2 is 1.33 bits per heavy atom. The normalized spacial score (nSPS) is 38.8. The second-order valence-electron chi connectivity index (χ2n) is 15.5. The molecule has 0 aromatic heterocycles. The van der Waals surface area contributed by atoms with Gasteiger partial charge in [-0.1, -0.05) is 65.3 Å². The van der Waals surface area contributed by atoms with Gasteiger partial charge in [-0.05, 0) is 128 Å². The van der Waals surface area contributed by atoms with Crippen LogP contribution < -0.4 is 10.4 Å². The first-order valence-electron chi connectivity index (χ1n) is 18.3. The van der Waals surface area contributed by atoms with Crippen molar-refractivity contribution >= 4 is 34.7 Å². The summed E-state index contributed by atoms with van der Waals surface area (Å²) in [6.07, 6.45) is 23.4. The third-order valence-corrected chi connectivity index (χ3v) is 17.1. The van der Waals surface area contributed by atoms with Crippen LogP contribution in [-0.2, 0) is 0 Å². The Morgan fingerprint density at radius 1 is 0.587 bits per heavy atom. The first-order valence-corrected chi connectivity index (χ1v) is 20.2. The molecule has 238 valence electrons. The zero-order valence-electron chi connectivity index (χ0n) is 26.6. The number of fused-ring (bicyclic) bond motifs is 6.